The van der Waals surface area contributed by atoms with E-state index in [0.29, 0.717) is 31.0 Å². The lowest BCUT2D eigenvalue weighted by molar-refractivity contribution is 0.195. The molecule has 0 aromatic carbocycles. The molecular formula is C15H29IN4. The average molecular weight is 392 g/mol. The predicted octanol–water partition coefficient (Wildman–Crippen LogP) is 2.39. The third-order valence-corrected chi connectivity index (χ3v) is 2.84. The Hall–Kier alpha value is -0.820. The Kier molecular flexibility index (Phi) is 14.2. The number of rotatable bonds is 10. The standard InChI is InChI=1S/C15H28N4.HI/c1-6-9-17-15(16)18-12-14(13(4)5)19(10-7-2)11-8-3;/h6-8,13-14H,1-3,9-12H2,4-5H3,(H3,16,17,18);1H. The number of nitrogens with two attached hydrogens (primary N) is 1. The van der Waals surface area contributed by atoms with E-state index in [1.807, 2.05) is 12.2 Å². The van der Waals surface area contributed by atoms with Crippen molar-refractivity contribution in [2.24, 2.45) is 16.6 Å². The van der Waals surface area contributed by atoms with E-state index in [1.165, 1.54) is 0 Å². The summed E-state index contributed by atoms with van der Waals surface area (Å²) in [5.74, 6) is 0.943. The second kappa shape index (κ2) is 13.2. The minimum atomic E-state index is 0. The Morgan fingerprint density at radius 1 is 1.20 bits per heavy atom. The van der Waals surface area contributed by atoms with Crippen molar-refractivity contribution >= 4 is 29.9 Å². The summed E-state index contributed by atoms with van der Waals surface area (Å²) in [6, 6.07) is 0.320. The Bertz CT molecular complexity index is 303. The van der Waals surface area contributed by atoms with Gasteiger partial charge in [-0.1, -0.05) is 32.1 Å². The average Bonchev–Trinajstić information content (AvgIpc) is 2.36. The molecule has 116 valence electrons. The number of hydrogen-bond acceptors (Lipinski definition) is 2. The Morgan fingerprint density at radius 3 is 2.15 bits per heavy atom. The maximum atomic E-state index is 5.79. The number of nitrogens with one attached hydrogen (secondary N) is 1. The van der Waals surface area contributed by atoms with Crippen LogP contribution in [0.15, 0.2) is 43.0 Å². The molecule has 1 unspecified atom stereocenters. The molecule has 0 amide bonds. The zero-order valence-electron chi connectivity index (χ0n) is 12.7. The first-order chi connectivity index (χ1) is 9.06. The molecule has 0 aliphatic carbocycles. The van der Waals surface area contributed by atoms with Crippen molar-refractivity contribution in [3.63, 3.8) is 0 Å². The van der Waals surface area contributed by atoms with E-state index in [-0.39, 0.29) is 24.0 Å². The molecule has 0 fully saturated rings. The molecular weight excluding hydrogens is 363 g/mol. The minimum Gasteiger partial charge on any atom is -0.370 e. The summed E-state index contributed by atoms with van der Waals surface area (Å²) in [6.45, 7) is 18.5. The number of nitrogens with zero attached hydrogens (tertiary/aromatic N) is 2. The molecule has 0 aliphatic rings. The molecule has 5 heteroatoms. The van der Waals surface area contributed by atoms with Gasteiger partial charge >= 0.3 is 0 Å². The van der Waals surface area contributed by atoms with Crippen molar-refractivity contribution in [3.05, 3.63) is 38.0 Å². The number of guanidine groups is 1. The van der Waals surface area contributed by atoms with Gasteiger partial charge in [-0.05, 0) is 5.92 Å². The topological polar surface area (TPSA) is 53.6 Å². The van der Waals surface area contributed by atoms with Gasteiger partial charge in [0.2, 0.25) is 0 Å². The SMILES string of the molecule is C=CCNC(N)=NCC(C(C)C)N(CC=C)CC=C.I. The third kappa shape index (κ3) is 9.14. The highest BCUT2D eigenvalue weighted by Gasteiger charge is 2.19. The van der Waals surface area contributed by atoms with Gasteiger partial charge in [0, 0.05) is 25.7 Å². The smallest absolute Gasteiger partial charge is 0.188 e. The molecule has 0 aliphatic heterocycles. The molecule has 0 heterocycles. The van der Waals surface area contributed by atoms with Crippen molar-refractivity contribution in [1.82, 2.24) is 10.2 Å². The van der Waals surface area contributed by atoms with Crippen LogP contribution in [0.25, 0.3) is 0 Å². The summed E-state index contributed by atoms with van der Waals surface area (Å²) in [4.78, 5) is 6.69. The van der Waals surface area contributed by atoms with Gasteiger partial charge in [0.15, 0.2) is 5.96 Å². The van der Waals surface area contributed by atoms with Crippen LogP contribution < -0.4 is 11.1 Å². The highest BCUT2D eigenvalue weighted by molar-refractivity contribution is 14.0. The van der Waals surface area contributed by atoms with E-state index in [2.05, 4.69) is 48.8 Å². The Balaban J connectivity index is 0. The number of aliphatic imine (C=N–C) groups is 1. The molecule has 0 rings (SSSR count). The Morgan fingerprint density at radius 2 is 1.75 bits per heavy atom. The highest BCUT2D eigenvalue weighted by Crippen LogP contribution is 2.11. The van der Waals surface area contributed by atoms with Gasteiger partial charge in [-0.25, -0.2) is 0 Å². The molecule has 0 saturated heterocycles. The van der Waals surface area contributed by atoms with E-state index in [9.17, 15) is 0 Å². The largest absolute Gasteiger partial charge is 0.370 e. The fraction of sp³-hybridized carbons (Fsp3) is 0.533. The summed E-state index contributed by atoms with van der Waals surface area (Å²) < 4.78 is 0. The maximum Gasteiger partial charge on any atom is 0.188 e. The first-order valence-corrected chi connectivity index (χ1v) is 6.67. The van der Waals surface area contributed by atoms with E-state index in [0.717, 1.165) is 13.1 Å². The molecule has 3 N–H and O–H groups in total. The molecule has 0 radical (unpaired) electrons. The van der Waals surface area contributed by atoms with Gasteiger partial charge in [0.05, 0.1) is 6.54 Å². The van der Waals surface area contributed by atoms with Crippen LogP contribution in [-0.4, -0.2) is 43.1 Å². The zero-order valence-corrected chi connectivity index (χ0v) is 15.0. The summed E-state index contributed by atoms with van der Waals surface area (Å²) in [7, 11) is 0. The summed E-state index contributed by atoms with van der Waals surface area (Å²) in [5.41, 5.74) is 5.79. The number of hydrogen-bond donors (Lipinski definition) is 2. The lowest BCUT2D eigenvalue weighted by atomic mass is 10.0. The van der Waals surface area contributed by atoms with Gasteiger partial charge in [0.25, 0.3) is 0 Å². The van der Waals surface area contributed by atoms with Crippen LogP contribution >= 0.6 is 24.0 Å². The monoisotopic (exact) mass is 392 g/mol. The van der Waals surface area contributed by atoms with Crippen LogP contribution in [0.3, 0.4) is 0 Å². The zero-order chi connectivity index (χ0) is 14.7. The lowest BCUT2D eigenvalue weighted by Crippen LogP contribution is -2.42. The van der Waals surface area contributed by atoms with Crippen molar-refractivity contribution in [2.75, 3.05) is 26.2 Å². The second-order valence-corrected chi connectivity index (χ2v) is 4.74. The van der Waals surface area contributed by atoms with Gasteiger partial charge < -0.3 is 11.1 Å². The van der Waals surface area contributed by atoms with E-state index >= 15 is 0 Å². The maximum absolute atomic E-state index is 5.79. The first-order valence-electron chi connectivity index (χ1n) is 6.67. The van der Waals surface area contributed by atoms with Gasteiger partial charge in [-0.3, -0.25) is 9.89 Å². The molecule has 1 atom stereocenters. The number of halogens is 1. The molecule has 0 aromatic heterocycles. The lowest BCUT2D eigenvalue weighted by Gasteiger charge is -2.31. The third-order valence-electron chi connectivity index (χ3n) is 2.84. The van der Waals surface area contributed by atoms with Crippen LogP contribution in [0.5, 0.6) is 0 Å². The summed E-state index contributed by atoms with van der Waals surface area (Å²) >= 11 is 0. The molecule has 0 aromatic rings. The van der Waals surface area contributed by atoms with Crippen LogP contribution in [0.1, 0.15) is 13.8 Å². The van der Waals surface area contributed by atoms with Crippen molar-refractivity contribution < 1.29 is 0 Å². The van der Waals surface area contributed by atoms with Crippen LogP contribution in [-0.2, 0) is 0 Å². The van der Waals surface area contributed by atoms with E-state index < -0.39 is 0 Å². The molecule has 4 nitrogen and oxygen atoms in total. The first kappa shape index (κ1) is 21.5. The molecule has 0 saturated carbocycles. The molecule has 20 heavy (non-hydrogen) atoms. The molecule has 0 bridgehead atoms. The minimum absolute atomic E-state index is 0. The molecule has 0 spiro atoms. The van der Waals surface area contributed by atoms with Crippen LogP contribution in [0.4, 0.5) is 0 Å². The second-order valence-electron chi connectivity index (χ2n) is 4.74. The van der Waals surface area contributed by atoms with Crippen molar-refractivity contribution in [1.29, 1.82) is 0 Å². The van der Waals surface area contributed by atoms with Gasteiger partial charge in [-0.2, -0.15) is 0 Å². The predicted molar refractivity (Wildman–Crippen MR) is 101 cm³/mol. The van der Waals surface area contributed by atoms with Crippen molar-refractivity contribution in [3.8, 4) is 0 Å². The van der Waals surface area contributed by atoms with E-state index in [1.54, 1.807) is 6.08 Å². The van der Waals surface area contributed by atoms with Crippen LogP contribution in [0, 0.1) is 5.92 Å². The normalized spacial score (nSPS) is 12.7. The van der Waals surface area contributed by atoms with Crippen LogP contribution in [0.2, 0.25) is 0 Å². The summed E-state index contributed by atoms with van der Waals surface area (Å²) in [6.07, 6.45) is 5.56. The highest BCUT2D eigenvalue weighted by atomic mass is 127. The van der Waals surface area contributed by atoms with Crippen molar-refractivity contribution in [2.45, 2.75) is 19.9 Å². The fourth-order valence-electron chi connectivity index (χ4n) is 1.85. The fourth-order valence-corrected chi connectivity index (χ4v) is 1.85. The Labute approximate surface area is 140 Å². The van der Waals surface area contributed by atoms with Gasteiger partial charge in [0.1, 0.15) is 0 Å². The van der Waals surface area contributed by atoms with E-state index in [4.69, 9.17) is 5.73 Å². The quantitative estimate of drug-likeness (QED) is 0.260. The van der Waals surface area contributed by atoms with Gasteiger partial charge in [-0.15, -0.1) is 43.7 Å². The summed E-state index contributed by atoms with van der Waals surface area (Å²) in [5, 5.41) is 2.98.